The van der Waals surface area contributed by atoms with Gasteiger partial charge in [0.05, 0.1) is 0 Å². The molecule has 2 unspecified atom stereocenters. The standard InChI is InChI=1S/C17H26N2O.ClH/c1-19(12-11-14-7-3-2-4-8-14)17(20)13-15-9-5-6-10-16(15)18;/h2-4,7-8,15-16H,5-6,9-13,18H2,1H3;1H. The van der Waals surface area contributed by atoms with Gasteiger partial charge in [0.15, 0.2) is 0 Å². The van der Waals surface area contributed by atoms with E-state index in [-0.39, 0.29) is 24.4 Å². The Bertz CT molecular complexity index is 424. The van der Waals surface area contributed by atoms with Gasteiger partial charge < -0.3 is 10.6 Å². The van der Waals surface area contributed by atoms with Crippen LogP contribution in [0.2, 0.25) is 0 Å². The van der Waals surface area contributed by atoms with Gasteiger partial charge >= 0.3 is 0 Å². The quantitative estimate of drug-likeness (QED) is 0.908. The molecule has 3 nitrogen and oxygen atoms in total. The van der Waals surface area contributed by atoms with E-state index in [1.165, 1.54) is 18.4 Å². The monoisotopic (exact) mass is 310 g/mol. The van der Waals surface area contributed by atoms with E-state index >= 15 is 0 Å². The smallest absolute Gasteiger partial charge is 0.222 e. The topological polar surface area (TPSA) is 46.3 Å². The highest BCUT2D eigenvalue weighted by molar-refractivity contribution is 5.85. The minimum absolute atomic E-state index is 0. The van der Waals surface area contributed by atoms with Crippen molar-refractivity contribution < 1.29 is 4.79 Å². The van der Waals surface area contributed by atoms with Gasteiger partial charge in [0.2, 0.25) is 5.91 Å². The SMILES string of the molecule is CN(CCc1ccccc1)C(=O)CC1CCCCC1N.Cl. The number of nitrogens with two attached hydrogens (primary N) is 1. The summed E-state index contributed by atoms with van der Waals surface area (Å²) in [6, 6.07) is 10.5. The first kappa shape index (κ1) is 18.0. The Balaban J connectivity index is 0.00000220. The first-order valence-corrected chi connectivity index (χ1v) is 7.70. The average molecular weight is 311 g/mol. The molecule has 0 aromatic heterocycles. The van der Waals surface area contributed by atoms with Crippen LogP contribution in [0.1, 0.15) is 37.7 Å². The number of amides is 1. The van der Waals surface area contributed by atoms with Crippen molar-refractivity contribution in [3.05, 3.63) is 35.9 Å². The molecule has 1 amide bonds. The molecule has 2 N–H and O–H groups in total. The van der Waals surface area contributed by atoms with Crippen molar-refractivity contribution in [2.24, 2.45) is 11.7 Å². The summed E-state index contributed by atoms with van der Waals surface area (Å²) in [5.41, 5.74) is 7.40. The number of likely N-dealkylation sites (N-methyl/N-ethyl adjacent to an activating group) is 1. The number of halogens is 1. The Kier molecular flexibility index (Phi) is 7.76. The predicted molar refractivity (Wildman–Crippen MR) is 89.6 cm³/mol. The van der Waals surface area contributed by atoms with E-state index in [9.17, 15) is 4.79 Å². The number of benzene rings is 1. The zero-order chi connectivity index (χ0) is 14.4. The van der Waals surface area contributed by atoms with E-state index < -0.39 is 0 Å². The van der Waals surface area contributed by atoms with E-state index in [1.54, 1.807) is 0 Å². The molecule has 1 aliphatic rings. The van der Waals surface area contributed by atoms with Crippen LogP contribution < -0.4 is 5.73 Å². The third-order valence-corrected chi connectivity index (χ3v) is 4.41. The normalized spacial score (nSPS) is 21.4. The third kappa shape index (κ3) is 5.68. The fourth-order valence-electron chi connectivity index (χ4n) is 2.94. The second-order valence-corrected chi connectivity index (χ2v) is 5.96. The van der Waals surface area contributed by atoms with Gasteiger partial charge in [0, 0.05) is 26.1 Å². The Morgan fingerprint density at radius 1 is 1.24 bits per heavy atom. The largest absolute Gasteiger partial charge is 0.345 e. The van der Waals surface area contributed by atoms with Crippen LogP contribution >= 0.6 is 12.4 Å². The number of carbonyl (C=O) groups is 1. The van der Waals surface area contributed by atoms with Gasteiger partial charge in [0.25, 0.3) is 0 Å². The lowest BCUT2D eigenvalue weighted by molar-refractivity contribution is -0.131. The van der Waals surface area contributed by atoms with Crippen molar-refractivity contribution in [1.29, 1.82) is 0 Å². The van der Waals surface area contributed by atoms with Crippen molar-refractivity contribution in [1.82, 2.24) is 4.90 Å². The molecule has 1 aromatic carbocycles. The molecule has 1 fully saturated rings. The maximum Gasteiger partial charge on any atom is 0.222 e. The highest BCUT2D eigenvalue weighted by atomic mass is 35.5. The van der Waals surface area contributed by atoms with Crippen LogP contribution in [0.4, 0.5) is 0 Å². The minimum Gasteiger partial charge on any atom is -0.345 e. The summed E-state index contributed by atoms with van der Waals surface area (Å²) < 4.78 is 0. The summed E-state index contributed by atoms with van der Waals surface area (Å²) in [5.74, 6) is 0.624. The molecule has 1 saturated carbocycles. The second kappa shape index (κ2) is 9.06. The maximum atomic E-state index is 12.2. The third-order valence-electron chi connectivity index (χ3n) is 4.41. The minimum atomic E-state index is 0. The molecule has 2 atom stereocenters. The lowest BCUT2D eigenvalue weighted by Gasteiger charge is -2.29. The molecular formula is C17H27ClN2O. The van der Waals surface area contributed by atoms with Crippen molar-refractivity contribution in [3.63, 3.8) is 0 Å². The van der Waals surface area contributed by atoms with Crippen LogP contribution in [0.5, 0.6) is 0 Å². The molecule has 1 aromatic rings. The van der Waals surface area contributed by atoms with E-state index in [4.69, 9.17) is 5.73 Å². The molecule has 0 radical (unpaired) electrons. The van der Waals surface area contributed by atoms with Gasteiger partial charge in [0.1, 0.15) is 0 Å². The number of hydrogen-bond donors (Lipinski definition) is 1. The number of carbonyl (C=O) groups excluding carboxylic acids is 1. The van der Waals surface area contributed by atoms with Crippen LogP contribution in [0, 0.1) is 5.92 Å². The molecule has 21 heavy (non-hydrogen) atoms. The van der Waals surface area contributed by atoms with E-state index in [0.29, 0.717) is 12.3 Å². The van der Waals surface area contributed by atoms with Crippen LogP contribution in [-0.2, 0) is 11.2 Å². The van der Waals surface area contributed by atoms with Gasteiger partial charge in [-0.15, -0.1) is 12.4 Å². The van der Waals surface area contributed by atoms with Gasteiger partial charge in [-0.25, -0.2) is 0 Å². The molecule has 1 aliphatic carbocycles. The molecular weight excluding hydrogens is 284 g/mol. The van der Waals surface area contributed by atoms with Crippen molar-refractivity contribution >= 4 is 18.3 Å². The molecule has 0 saturated heterocycles. The molecule has 4 heteroatoms. The molecule has 2 rings (SSSR count). The van der Waals surface area contributed by atoms with Crippen molar-refractivity contribution in [2.45, 2.75) is 44.6 Å². The van der Waals surface area contributed by atoms with E-state index in [1.807, 2.05) is 30.1 Å². The summed E-state index contributed by atoms with van der Waals surface area (Å²) in [6.07, 6.45) is 6.16. The van der Waals surface area contributed by atoms with Crippen LogP contribution in [0.25, 0.3) is 0 Å². The highest BCUT2D eigenvalue weighted by Gasteiger charge is 2.25. The van der Waals surface area contributed by atoms with Crippen molar-refractivity contribution in [2.75, 3.05) is 13.6 Å². The van der Waals surface area contributed by atoms with Crippen LogP contribution in [0.3, 0.4) is 0 Å². The lowest BCUT2D eigenvalue weighted by Crippen LogP contribution is -2.38. The number of rotatable bonds is 5. The van der Waals surface area contributed by atoms with Crippen molar-refractivity contribution in [3.8, 4) is 0 Å². The van der Waals surface area contributed by atoms with E-state index in [2.05, 4.69) is 12.1 Å². The molecule has 118 valence electrons. The maximum absolute atomic E-state index is 12.2. The summed E-state index contributed by atoms with van der Waals surface area (Å²) >= 11 is 0. The van der Waals surface area contributed by atoms with Crippen LogP contribution in [-0.4, -0.2) is 30.4 Å². The van der Waals surface area contributed by atoms with Gasteiger partial charge in [-0.3, -0.25) is 4.79 Å². The highest BCUT2D eigenvalue weighted by Crippen LogP contribution is 2.26. The number of hydrogen-bond acceptors (Lipinski definition) is 2. The Labute approximate surface area is 134 Å². The lowest BCUT2D eigenvalue weighted by atomic mass is 9.83. The molecule has 0 spiro atoms. The molecule has 0 heterocycles. The summed E-state index contributed by atoms with van der Waals surface area (Å²) in [5, 5.41) is 0. The first-order valence-electron chi connectivity index (χ1n) is 7.70. The van der Waals surface area contributed by atoms with Gasteiger partial charge in [-0.2, -0.15) is 0 Å². The van der Waals surface area contributed by atoms with Gasteiger partial charge in [-0.05, 0) is 30.7 Å². The summed E-state index contributed by atoms with van der Waals surface area (Å²) in [7, 11) is 1.90. The fourth-order valence-corrected chi connectivity index (χ4v) is 2.94. The molecule has 0 aliphatic heterocycles. The van der Waals surface area contributed by atoms with Crippen LogP contribution in [0.15, 0.2) is 30.3 Å². The summed E-state index contributed by atoms with van der Waals surface area (Å²) in [6.45, 7) is 0.783. The predicted octanol–water partition coefficient (Wildman–Crippen LogP) is 3.02. The average Bonchev–Trinajstić information content (AvgIpc) is 2.48. The Morgan fingerprint density at radius 2 is 1.90 bits per heavy atom. The zero-order valence-electron chi connectivity index (χ0n) is 12.8. The Hall–Kier alpha value is -1.06. The first-order chi connectivity index (χ1) is 9.66. The second-order valence-electron chi connectivity index (χ2n) is 5.96. The van der Waals surface area contributed by atoms with Gasteiger partial charge in [-0.1, -0.05) is 43.2 Å². The van der Waals surface area contributed by atoms with E-state index in [0.717, 1.165) is 25.8 Å². The number of nitrogens with zero attached hydrogens (tertiary/aromatic N) is 1. The fraction of sp³-hybridized carbons (Fsp3) is 0.588. The Morgan fingerprint density at radius 3 is 2.57 bits per heavy atom. The zero-order valence-corrected chi connectivity index (χ0v) is 13.6. The molecule has 0 bridgehead atoms. The summed E-state index contributed by atoms with van der Waals surface area (Å²) in [4.78, 5) is 14.1.